The van der Waals surface area contributed by atoms with Crippen LogP contribution >= 0.6 is 0 Å². The van der Waals surface area contributed by atoms with Crippen LogP contribution in [-0.4, -0.2) is 141 Å². The average Bonchev–Trinajstić information content (AvgIpc) is 3.88. The second-order valence-corrected chi connectivity index (χ2v) is 20.4. The van der Waals surface area contributed by atoms with Crippen molar-refractivity contribution in [3.8, 4) is 0 Å². The van der Waals surface area contributed by atoms with Crippen LogP contribution in [0.25, 0.3) is 0 Å². The van der Waals surface area contributed by atoms with E-state index in [0.717, 1.165) is 18.4 Å². The van der Waals surface area contributed by atoms with Crippen molar-refractivity contribution in [2.75, 3.05) is 27.9 Å². The smallest absolute Gasteiger partial charge is 0.329 e. The van der Waals surface area contributed by atoms with Crippen molar-refractivity contribution in [2.45, 2.75) is 180 Å². The van der Waals surface area contributed by atoms with Crippen molar-refractivity contribution in [2.24, 2.45) is 35.5 Å². The number of carbonyl (C=O) groups is 5. The fourth-order valence-electron chi connectivity index (χ4n) is 10.8. The molecule has 17 nitrogen and oxygen atoms in total. The molecular weight excluding hydrogens is 887 g/mol. The van der Waals surface area contributed by atoms with E-state index in [1.165, 1.54) is 12.0 Å². The first-order valence-corrected chi connectivity index (χ1v) is 25.0. The summed E-state index contributed by atoms with van der Waals surface area (Å²) >= 11 is 0. The van der Waals surface area contributed by atoms with Crippen LogP contribution in [0.3, 0.4) is 0 Å². The molecule has 15 atom stereocenters. The fourth-order valence-corrected chi connectivity index (χ4v) is 10.8. The molecule has 5 rings (SSSR count). The number of aliphatic hydroxyl groups excluding tert-OH is 1. The number of esters is 1. The van der Waals surface area contributed by atoms with Gasteiger partial charge in [-0.05, 0) is 117 Å². The predicted molar refractivity (Wildman–Crippen MR) is 256 cm³/mol. The first-order valence-electron chi connectivity index (χ1n) is 25.0. The van der Waals surface area contributed by atoms with Crippen molar-refractivity contribution >= 4 is 29.2 Å². The topological polar surface area (TPSA) is 219 Å². The summed E-state index contributed by atoms with van der Waals surface area (Å²) in [5.41, 5.74) is 1.20. The molecule has 4 aliphatic rings. The van der Waals surface area contributed by atoms with Gasteiger partial charge in [0.2, 0.25) is 5.79 Å². The van der Waals surface area contributed by atoms with Gasteiger partial charge < -0.3 is 38.8 Å². The highest BCUT2D eigenvalue weighted by molar-refractivity contribution is 6.39. The van der Waals surface area contributed by atoms with Crippen LogP contribution in [0.5, 0.6) is 0 Å². The van der Waals surface area contributed by atoms with E-state index in [9.17, 15) is 34.2 Å². The molecule has 1 aromatic rings. The van der Waals surface area contributed by atoms with Crippen molar-refractivity contribution in [3.63, 3.8) is 0 Å². The van der Waals surface area contributed by atoms with Gasteiger partial charge in [-0.1, -0.05) is 71.1 Å². The molecular formula is C52H79N5O12. The lowest BCUT2D eigenvalue weighted by Crippen LogP contribution is -2.61. The van der Waals surface area contributed by atoms with E-state index >= 15 is 0 Å². The molecule has 3 unspecified atom stereocenters. The maximum Gasteiger partial charge on any atom is 0.329 e. The minimum absolute atomic E-state index is 0.0197. The fraction of sp³-hybridized carbons (Fsp3) is 0.731. The van der Waals surface area contributed by atoms with E-state index in [-0.39, 0.29) is 60.9 Å². The monoisotopic (exact) mass is 966 g/mol. The Morgan fingerprint density at radius 3 is 2.33 bits per heavy atom. The Labute approximate surface area is 408 Å². The lowest BCUT2D eigenvalue weighted by atomic mass is 9.77. The second kappa shape index (κ2) is 25.7. The van der Waals surface area contributed by atoms with Crippen LogP contribution in [0.15, 0.2) is 53.9 Å². The quantitative estimate of drug-likeness (QED) is 0.235. The number of aromatic nitrogens is 4. The Hall–Kier alpha value is -4.26. The maximum atomic E-state index is 14.5. The molecule has 1 aliphatic carbocycles. The molecule has 2 saturated heterocycles. The van der Waals surface area contributed by atoms with E-state index in [1.54, 1.807) is 52.1 Å². The zero-order chi connectivity index (χ0) is 50.6. The molecule has 17 heteroatoms. The molecule has 0 spiro atoms. The molecule has 4 heterocycles. The highest BCUT2D eigenvalue weighted by atomic mass is 16.6. The first-order chi connectivity index (χ1) is 32.8. The van der Waals surface area contributed by atoms with E-state index in [2.05, 4.69) is 15.5 Å². The van der Waals surface area contributed by atoms with Crippen molar-refractivity contribution in [3.05, 3.63) is 53.9 Å². The van der Waals surface area contributed by atoms with Gasteiger partial charge in [-0.25, -0.2) is 9.48 Å². The number of carbonyl (C=O) groups excluding carboxylic acids is 5. The van der Waals surface area contributed by atoms with Gasteiger partial charge in [-0.15, -0.1) is 5.10 Å². The van der Waals surface area contributed by atoms with Gasteiger partial charge >= 0.3 is 5.97 Å². The molecule has 3 fully saturated rings. The number of nitrogens with zero attached hydrogens (tertiary/aromatic N) is 5. The average molecular weight is 966 g/mol. The van der Waals surface area contributed by atoms with Crippen LogP contribution in [-0.2, 0) is 47.7 Å². The molecule has 3 aliphatic heterocycles. The molecule has 1 saturated carbocycles. The summed E-state index contributed by atoms with van der Waals surface area (Å²) in [6.45, 7) is 12.8. The number of methoxy groups -OCH3 is 3. The Kier molecular flexibility index (Phi) is 20.8. The lowest BCUT2D eigenvalue weighted by molar-refractivity contribution is -0.265. The normalized spacial score (nSPS) is 36.3. The number of cyclic esters (lactones) is 1. The predicted octanol–water partition coefficient (Wildman–Crippen LogP) is 6.05. The first kappa shape index (κ1) is 55.7. The van der Waals surface area contributed by atoms with E-state index in [1.807, 2.05) is 58.1 Å². The summed E-state index contributed by atoms with van der Waals surface area (Å²) in [7, 11) is 4.63. The van der Waals surface area contributed by atoms with Crippen LogP contribution in [0.1, 0.15) is 132 Å². The number of piperidine rings is 1. The van der Waals surface area contributed by atoms with E-state index in [0.29, 0.717) is 56.9 Å². The number of Topliss-reactive ketones (excluding diaryl/α,β-unsaturated/α-hetero) is 3. The largest absolute Gasteiger partial charge is 0.460 e. The third-order valence-corrected chi connectivity index (χ3v) is 15.2. The number of rotatable bonds is 7. The maximum absolute atomic E-state index is 14.5. The summed E-state index contributed by atoms with van der Waals surface area (Å²) in [5, 5.41) is 35.2. The van der Waals surface area contributed by atoms with Crippen molar-refractivity contribution in [1.82, 2.24) is 25.1 Å². The SMILES string of the molecule is COC1C(=O)C(C)C[C@H](C)C=CC=CC=C(C)[C@@H](OC)C[C@@H]2CC[C@@H](C)[C@@](O)(O2)C(=O)C(=O)N2CCCC[C@H]2C(=O)O[C@H]([C@H](C)C[C@@H]2CC[C@H](n3cnnn3)[C@H](OC)C2)CC(=O)C(C)=CC(C)[C@H]1O. The summed E-state index contributed by atoms with van der Waals surface area (Å²) in [6, 6.07) is -1.20. The number of amides is 1. The molecule has 1 aromatic heterocycles. The van der Waals surface area contributed by atoms with Gasteiger partial charge in [-0.2, -0.15) is 0 Å². The Bertz CT molecular complexity index is 2020. The number of ether oxygens (including phenoxy) is 5. The number of ketones is 3. The number of fused-ring (bicyclic) bond motifs is 3. The molecule has 2 N–H and O–H groups in total. The summed E-state index contributed by atoms with van der Waals surface area (Å²) in [5.74, 6) is -7.89. The molecule has 1 amide bonds. The number of hydrogen-bond acceptors (Lipinski definition) is 15. The van der Waals surface area contributed by atoms with Gasteiger partial charge in [0, 0.05) is 58.5 Å². The van der Waals surface area contributed by atoms with Crippen LogP contribution in [0, 0.1) is 35.5 Å². The van der Waals surface area contributed by atoms with Crippen molar-refractivity contribution in [1.29, 1.82) is 0 Å². The van der Waals surface area contributed by atoms with E-state index < -0.39 is 77.8 Å². The molecule has 2 bridgehead atoms. The minimum atomic E-state index is -2.43. The molecule has 69 heavy (non-hydrogen) atoms. The Morgan fingerprint density at radius 2 is 1.65 bits per heavy atom. The highest BCUT2D eigenvalue weighted by Crippen LogP contribution is 2.39. The second-order valence-electron chi connectivity index (χ2n) is 20.4. The molecule has 0 radical (unpaired) electrons. The highest BCUT2D eigenvalue weighted by Gasteiger charge is 2.53. The van der Waals surface area contributed by atoms with Crippen LogP contribution < -0.4 is 0 Å². The van der Waals surface area contributed by atoms with Crippen LogP contribution in [0.4, 0.5) is 0 Å². The van der Waals surface area contributed by atoms with Crippen LogP contribution in [0.2, 0.25) is 0 Å². The minimum Gasteiger partial charge on any atom is -0.460 e. The standard InChI is InChI=1S/C52H79N5O12/c1-31-16-12-11-13-17-32(2)43(65-8)28-39-21-19-37(7)52(64,69-39)49(61)50(62)56-23-15-14-18-41(56)51(63)68-44(34(4)26-38-20-22-40(45(27-38)66-9)57-30-53-54-55-57)29-42(58)33(3)25-36(6)47(60)48(67-10)46(59)35(5)24-31/h11-13,16-17,25,30-31,34-41,43-45,47-48,60,64H,14-15,18-24,26-29H2,1-10H3/t31-,34-,35?,36?,37-,38+,39+,40+,41+,43+,44+,45-,47-,48?,52-/m1/s1. The van der Waals surface area contributed by atoms with Gasteiger partial charge in [0.1, 0.15) is 24.6 Å². The number of aliphatic hydroxyl groups is 2. The number of tetrazole rings is 1. The third kappa shape index (κ3) is 14.2. The zero-order valence-corrected chi connectivity index (χ0v) is 42.5. The number of allylic oxidation sites excluding steroid dienone is 6. The lowest BCUT2D eigenvalue weighted by Gasteiger charge is -2.42. The summed E-state index contributed by atoms with van der Waals surface area (Å²) < 4.78 is 31.6. The Balaban J connectivity index is 1.46. The van der Waals surface area contributed by atoms with Crippen molar-refractivity contribution < 1.29 is 57.9 Å². The molecule has 0 aromatic carbocycles. The van der Waals surface area contributed by atoms with Gasteiger partial charge in [0.15, 0.2) is 11.6 Å². The molecule has 384 valence electrons. The van der Waals surface area contributed by atoms with E-state index in [4.69, 9.17) is 23.7 Å². The van der Waals surface area contributed by atoms with Gasteiger partial charge in [0.25, 0.3) is 11.7 Å². The Morgan fingerprint density at radius 1 is 0.899 bits per heavy atom. The summed E-state index contributed by atoms with van der Waals surface area (Å²) in [4.78, 5) is 72.3. The summed E-state index contributed by atoms with van der Waals surface area (Å²) in [6.07, 6.45) is 14.0. The zero-order valence-electron chi connectivity index (χ0n) is 42.5. The third-order valence-electron chi connectivity index (χ3n) is 15.2. The van der Waals surface area contributed by atoms with Gasteiger partial charge in [-0.3, -0.25) is 19.2 Å². The van der Waals surface area contributed by atoms with Gasteiger partial charge in [0.05, 0.1) is 30.5 Å². The number of hydrogen-bond donors (Lipinski definition) is 2.